The summed E-state index contributed by atoms with van der Waals surface area (Å²) in [5.74, 6) is -1.78. The number of thioether (sulfide) groups is 2. The van der Waals surface area contributed by atoms with E-state index >= 15 is 0 Å². The molecule has 0 saturated carbocycles. The number of carboxylic acid groups (broad SMARTS) is 1. The van der Waals surface area contributed by atoms with Crippen molar-refractivity contribution in [2.45, 2.75) is 29.2 Å². The predicted molar refractivity (Wildman–Crippen MR) is 102 cm³/mol. The number of aliphatic carboxylic acids is 1. The Morgan fingerprint density at radius 2 is 2.27 bits per heavy atom. The van der Waals surface area contributed by atoms with Gasteiger partial charge in [-0.1, -0.05) is 27.8 Å². The highest BCUT2D eigenvalue weighted by Gasteiger charge is 2.53. The van der Waals surface area contributed by atoms with E-state index in [1.54, 1.807) is 0 Å². The van der Waals surface area contributed by atoms with Crippen molar-refractivity contribution < 1.29 is 28.7 Å². The Balaban J connectivity index is 1.43. The van der Waals surface area contributed by atoms with Crippen LogP contribution >= 0.6 is 34.9 Å². The van der Waals surface area contributed by atoms with Gasteiger partial charge in [0, 0.05) is 11.5 Å². The number of nitrogens with one attached hydrogen (secondary N) is 2. The van der Waals surface area contributed by atoms with Gasteiger partial charge in [0.05, 0.1) is 11.7 Å². The van der Waals surface area contributed by atoms with Gasteiger partial charge in [0.25, 0.3) is 24.6 Å². The summed E-state index contributed by atoms with van der Waals surface area (Å²) in [5.41, 5.74) is -0.246. The number of rotatable bonds is 7. The molecule has 0 spiro atoms. The molecule has 0 aliphatic carbocycles. The van der Waals surface area contributed by atoms with Crippen molar-refractivity contribution in [1.29, 1.82) is 0 Å². The van der Waals surface area contributed by atoms with Crippen LogP contribution in [0.25, 0.3) is 0 Å². The minimum absolute atomic E-state index is 0.156. The summed E-state index contributed by atoms with van der Waals surface area (Å²) in [5, 5.41) is 24.7. The van der Waals surface area contributed by atoms with Crippen molar-refractivity contribution in [3.05, 3.63) is 32.9 Å². The van der Waals surface area contributed by atoms with Crippen molar-refractivity contribution >= 4 is 52.6 Å². The Morgan fingerprint density at radius 1 is 1.47 bits per heavy atom. The lowest BCUT2D eigenvalue weighted by Gasteiger charge is -2.50. The lowest BCUT2D eigenvalue weighted by molar-refractivity contribution is -0.751. The van der Waals surface area contributed by atoms with Crippen LogP contribution in [0.15, 0.2) is 31.1 Å². The predicted octanol–water partition coefficient (Wildman–Crippen LogP) is -2.39. The third-order valence-corrected chi connectivity index (χ3v) is 7.67. The largest absolute Gasteiger partial charge is 0.543 e. The maximum Gasteiger partial charge on any atom is 0.426 e. The maximum atomic E-state index is 12.6. The number of carbonyl (C=O) groups is 3. The molecule has 4 heterocycles. The summed E-state index contributed by atoms with van der Waals surface area (Å²) >= 11 is 4.11. The van der Waals surface area contributed by atoms with Crippen molar-refractivity contribution in [3.8, 4) is 0 Å². The molecule has 1 fully saturated rings. The van der Waals surface area contributed by atoms with Gasteiger partial charge >= 0.3 is 5.63 Å². The molecule has 2 aromatic heterocycles. The minimum Gasteiger partial charge on any atom is -0.543 e. The standard InChI is InChI=1S/C15H14N6O6S3/c1-6-17-18-15(30-6)29-5-7-4-28-13-10(12(24)21(13)11(7)14(25)26)16-8(22)2-20-3-9(23)27-19-20/h3,10,13H,2,4-5H2,1H3,(H2-,16,19,22,23,25,26)/t10-,13-/m1/s1. The first kappa shape index (κ1) is 20.6. The van der Waals surface area contributed by atoms with Crippen LogP contribution in [0, 0.1) is 6.92 Å². The number of carbonyl (C=O) groups excluding carboxylic acids is 3. The van der Waals surface area contributed by atoms with E-state index in [1.807, 2.05) is 6.92 Å². The van der Waals surface area contributed by atoms with Gasteiger partial charge in [0.1, 0.15) is 16.4 Å². The third kappa shape index (κ3) is 3.99. The molecule has 2 aliphatic heterocycles. The molecule has 0 unspecified atom stereocenters. The number of amides is 2. The van der Waals surface area contributed by atoms with E-state index < -0.39 is 34.8 Å². The zero-order valence-corrected chi connectivity index (χ0v) is 17.8. The van der Waals surface area contributed by atoms with E-state index in [0.717, 1.165) is 20.8 Å². The topological polar surface area (TPSA) is 165 Å². The van der Waals surface area contributed by atoms with Gasteiger partial charge in [-0.2, -0.15) is 0 Å². The Morgan fingerprint density at radius 3 is 2.90 bits per heavy atom. The summed E-state index contributed by atoms with van der Waals surface area (Å²) in [6.45, 7) is 1.57. The van der Waals surface area contributed by atoms with Crippen LogP contribution in [0.2, 0.25) is 0 Å². The highest BCUT2D eigenvalue weighted by molar-refractivity contribution is 8.01. The number of aromatic amines is 1. The highest BCUT2D eigenvalue weighted by atomic mass is 32.2. The second kappa shape index (κ2) is 8.23. The molecule has 30 heavy (non-hydrogen) atoms. The maximum absolute atomic E-state index is 12.6. The molecular formula is C15H14N6O6S3. The molecule has 4 rings (SSSR count). The Labute approximate surface area is 180 Å². The monoisotopic (exact) mass is 470 g/mol. The zero-order chi connectivity index (χ0) is 21.4. The van der Waals surface area contributed by atoms with Crippen LogP contribution in [0.1, 0.15) is 5.01 Å². The molecule has 0 radical (unpaired) electrons. The molecule has 0 bridgehead atoms. The average Bonchev–Trinajstić information content (AvgIpc) is 3.31. The number of carboxylic acids is 1. The molecule has 1 saturated heterocycles. The smallest absolute Gasteiger partial charge is 0.426 e. The fourth-order valence-corrected chi connectivity index (χ4v) is 6.30. The first-order chi connectivity index (χ1) is 14.3. The summed E-state index contributed by atoms with van der Waals surface area (Å²) < 4.78 is 6.30. The number of hydrogen-bond donors (Lipinski definition) is 2. The van der Waals surface area contributed by atoms with Crippen LogP contribution in [0.4, 0.5) is 0 Å². The van der Waals surface area contributed by atoms with Gasteiger partial charge in [-0.25, -0.2) is 4.79 Å². The highest BCUT2D eigenvalue weighted by Crippen LogP contribution is 2.41. The lowest BCUT2D eigenvalue weighted by atomic mass is 10.0. The number of aryl methyl sites for hydroxylation is 1. The molecule has 2 aromatic rings. The van der Waals surface area contributed by atoms with Crippen LogP contribution in [0.3, 0.4) is 0 Å². The van der Waals surface area contributed by atoms with Gasteiger partial charge in [0.2, 0.25) is 0 Å². The van der Waals surface area contributed by atoms with Crippen molar-refractivity contribution in [1.82, 2.24) is 25.7 Å². The fraction of sp³-hybridized carbons (Fsp3) is 0.400. The van der Waals surface area contributed by atoms with E-state index in [4.69, 9.17) is 0 Å². The van der Waals surface area contributed by atoms with E-state index in [0.29, 0.717) is 21.4 Å². The summed E-state index contributed by atoms with van der Waals surface area (Å²) in [7, 11) is 0. The van der Waals surface area contributed by atoms with Gasteiger partial charge in [-0.3, -0.25) is 19.0 Å². The molecule has 2 atom stereocenters. The minimum atomic E-state index is -1.44. The van der Waals surface area contributed by atoms with Crippen LogP contribution in [-0.4, -0.2) is 61.1 Å². The second-order valence-electron chi connectivity index (χ2n) is 6.34. The van der Waals surface area contributed by atoms with Crippen LogP contribution < -0.4 is 20.7 Å². The molecule has 2 aliphatic rings. The summed E-state index contributed by atoms with van der Waals surface area (Å²) in [4.78, 5) is 48.6. The van der Waals surface area contributed by atoms with E-state index in [1.165, 1.54) is 34.9 Å². The molecule has 2 amide bonds. The lowest BCUT2D eigenvalue weighted by Crippen LogP contribution is -2.71. The first-order valence-corrected chi connectivity index (χ1v) is 11.4. The third-order valence-electron chi connectivity index (χ3n) is 4.27. The van der Waals surface area contributed by atoms with Gasteiger partial charge in [-0.15, -0.1) is 22.0 Å². The molecule has 15 heteroatoms. The summed E-state index contributed by atoms with van der Waals surface area (Å²) in [6, 6.07) is -0.865. The van der Waals surface area contributed by atoms with E-state index in [9.17, 15) is 24.3 Å². The Bertz CT molecular complexity index is 1110. The molecule has 158 valence electrons. The number of fused-ring (bicyclic) bond motifs is 1. The molecule has 12 nitrogen and oxygen atoms in total. The molecule has 0 aromatic carbocycles. The normalized spacial score (nSPS) is 20.7. The van der Waals surface area contributed by atoms with Gasteiger partial charge < -0.3 is 15.2 Å². The quantitative estimate of drug-likeness (QED) is 0.253. The number of nitrogens with zero attached hydrogens (tertiary/aromatic N) is 4. The van der Waals surface area contributed by atoms with Crippen LogP contribution in [0.5, 0.6) is 0 Å². The van der Waals surface area contributed by atoms with Crippen molar-refractivity contribution in [2.75, 3.05) is 11.5 Å². The Kier molecular flexibility index (Phi) is 5.66. The Hall–Kier alpha value is -2.65. The number of β-lactam (4-membered cyclic amide) rings is 1. The average molecular weight is 471 g/mol. The molecular weight excluding hydrogens is 456 g/mol. The van der Waals surface area contributed by atoms with Crippen LogP contribution in [-0.2, 0) is 20.9 Å². The second-order valence-corrected chi connectivity index (χ2v) is 9.85. The summed E-state index contributed by atoms with van der Waals surface area (Å²) in [6.07, 6.45) is 1.06. The SMILES string of the molecule is Cc1nnc(SCC2=C(C(=O)[O-])N3C(=O)[C@@H](NC(=O)C[n+]4cc(=O)o[nH]4)[C@H]3SC2)s1. The van der Waals surface area contributed by atoms with Crippen molar-refractivity contribution in [3.63, 3.8) is 0 Å². The number of aromatic nitrogens is 4. The first-order valence-electron chi connectivity index (χ1n) is 8.51. The van der Waals surface area contributed by atoms with Gasteiger partial charge in [-0.05, 0) is 17.8 Å². The van der Waals surface area contributed by atoms with E-state index in [2.05, 4.69) is 25.3 Å². The fourth-order valence-electron chi connectivity index (χ4n) is 3.00. The van der Waals surface area contributed by atoms with Crippen molar-refractivity contribution in [2.24, 2.45) is 0 Å². The number of hydrogen-bond acceptors (Lipinski definition) is 11. The number of H-pyrrole nitrogens is 1. The zero-order valence-electron chi connectivity index (χ0n) is 15.3. The van der Waals surface area contributed by atoms with E-state index in [-0.39, 0.29) is 12.2 Å². The van der Waals surface area contributed by atoms with Gasteiger partial charge in [0.15, 0.2) is 4.34 Å². The molecule has 2 N–H and O–H groups in total.